The van der Waals surface area contributed by atoms with Gasteiger partial charge in [-0.1, -0.05) is 6.07 Å². The lowest BCUT2D eigenvalue weighted by Gasteiger charge is -2.10. The molecule has 0 unspecified atom stereocenters. The maximum Gasteiger partial charge on any atom is 0.319 e. The van der Waals surface area contributed by atoms with Crippen LogP contribution in [0.5, 0.6) is 0 Å². The highest BCUT2D eigenvalue weighted by Gasteiger charge is 2.20. The molecule has 1 saturated carbocycles. The third-order valence-corrected chi connectivity index (χ3v) is 4.02. The molecule has 1 aromatic carbocycles. The number of pyridine rings is 1. The van der Waals surface area contributed by atoms with E-state index in [4.69, 9.17) is 0 Å². The Hall–Kier alpha value is -2.93. The van der Waals surface area contributed by atoms with Crippen molar-refractivity contribution < 1.29 is 9.59 Å². The van der Waals surface area contributed by atoms with Crippen molar-refractivity contribution in [2.45, 2.75) is 19.4 Å². The number of rotatable bonds is 8. The molecule has 0 saturated heterocycles. The molecule has 0 radical (unpaired) electrons. The van der Waals surface area contributed by atoms with E-state index in [9.17, 15) is 9.59 Å². The maximum atomic E-state index is 12.0. The summed E-state index contributed by atoms with van der Waals surface area (Å²) < 4.78 is 0. The predicted octanol–water partition coefficient (Wildman–Crippen LogP) is 2.34. The molecule has 3 rings (SSSR count). The van der Waals surface area contributed by atoms with Crippen LogP contribution in [0.1, 0.15) is 18.4 Å². The fraction of sp³-hybridized carbons (Fsp3) is 0.316. The number of carbonyl (C=O) groups excluding carboxylic acids is 2. The molecule has 26 heavy (non-hydrogen) atoms. The number of benzene rings is 1. The number of urea groups is 1. The Labute approximate surface area is 152 Å². The van der Waals surface area contributed by atoms with Crippen LogP contribution in [0.15, 0.2) is 48.8 Å². The number of amides is 3. The minimum absolute atomic E-state index is 0.0926. The van der Waals surface area contributed by atoms with E-state index < -0.39 is 0 Å². The first-order valence-corrected chi connectivity index (χ1v) is 8.73. The topological polar surface area (TPSA) is 95.2 Å². The molecule has 0 bridgehead atoms. The summed E-state index contributed by atoms with van der Waals surface area (Å²) in [5.74, 6) is 0.644. The van der Waals surface area contributed by atoms with Crippen LogP contribution in [0.3, 0.4) is 0 Å². The average molecular weight is 353 g/mol. The Morgan fingerprint density at radius 1 is 1.04 bits per heavy atom. The summed E-state index contributed by atoms with van der Waals surface area (Å²) in [7, 11) is 0. The van der Waals surface area contributed by atoms with Gasteiger partial charge in [-0.25, -0.2) is 4.79 Å². The molecular weight excluding hydrogens is 330 g/mol. The van der Waals surface area contributed by atoms with Crippen molar-refractivity contribution in [1.29, 1.82) is 0 Å². The van der Waals surface area contributed by atoms with E-state index in [-0.39, 0.29) is 11.9 Å². The molecule has 0 atom stereocenters. The standard InChI is InChI=1S/C19H23N5O2/c25-18(13-21-11-14-4-5-14)23-16-2-1-3-17(10-16)24-19(26)22-12-15-6-8-20-9-7-15/h1-3,6-10,14,21H,4-5,11-13H2,(H,23,25)(H2,22,24,26). The van der Waals surface area contributed by atoms with E-state index in [0.29, 0.717) is 24.5 Å². The van der Waals surface area contributed by atoms with Gasteiger partial charge in [0, 0.05) is 30.3 Å². The van der Waals surface area contributed by atoms with Gasteiger partial charge in [-0.15, -0.1) is 0 Å². The first kappa shape index (κ1) is 17.9. The maximum absolute atomic E-state index is 12.0. The Morgan fingerprint density at radius 3 is 2.50 bits per heavy atom. The molecule has 4 N–H and O–H groups in total. The fourth-order valence-corrected chi connectivity index (χ4v) is 2.45. The quantitative estimate of drug-likeness (QED) is 0.586. The molecule has 7 heteroatoms. The molecule has 3 amide bonds. The third-order valence-electron chi connectivity index (χ3n) is 4.02. The van der Waals surface area contributed by atoms with Crippen molar-refractivity contribution in [3.05, 3.63) is 54.4 Å². The molecule has 2 aromatic rings. The first-order valence-electron chi connectivity index (χ1n) is 8.73. The molecular formula is C19H23N5O2. The van der Waals surface area contributed by atoms with Gasteiger partial charge in [-0.2, -0.15) is 0 Å². The molecule has 1 aliphatic rings. The summed E-state index contributed by atoms with van der Waals surface area (Å²) >= 11 is 0. The van der Waals surface area contributed by atoms with Crippen molar-refractivity contribution >= 4 is 23.3 Å². The van der Waals surface area contributed by atoms with Crippen molar-refractivity contribution in [3.63, 3.8) is 0 Å². The zero-order valence-corrected chi connectivity index (χ0v) is 14.5. The van der Waals surface area contributed by atoms with Crippen molar-refractivity contribution in [3.8, 4) is 0 Å². The van der Waals surface area contributed by atoms with Crippen molar-refractivity contribution in [2.75, 3.05) is 23.7 Å². The highest BCUT2D eigenvalue weighted by Crippen LogP contribution is 2.27. The number of nitrogens with zero attached hydrogens (tertiary/aromatic N) is 1. The number of hydrogen-bond acceptors (Lipinski definition) is 4. The van der Waals surface area contributed by atoms with Crippen LogP contribution in [0.25, 0.3) is 0 Å². The smallest absolute Gasteiger partial charge is 0.319 e. The lowest BCUT2D eigenvalue weighted by Crippen LogP contribution is -2.29. The molecule has 136 valence electrons. The number of hydrogen-bond donors (Lipinski definition) is 4. The number of nitrogens with one attached hydrogen (secondary N) is 4. The second-order valence-electron chi connectivity index (χ2n) is 6.37. The van der Waals surface area contributed by atoms with E-state index in [1.165, 1.54) is 12.8 Å². The number of aromatic nitrogens is 1. The lowest BCUT2D eigenvalue weighted by molar-refractivity contribution is -0.115. The van der Waals surface area contributed by atoms with Crippen molar-refractivity contribution in [1.82, 2.24) is 15.6 Å². The molecule has 1 fully saturated rings. The zero-order chi connectivity index (χ0) is 18.2. The highest BCUT2D eigenvalue weighted by molar-refractivity contribution is 5.94. The molecule has 0 spiro atoms. The van der Waals surface area contributed by atoms with Crippen molar-refractivity contribution in [2.24, 2.45) is 5.92 Å². The number of anilines is 2. The summed E-state index contributed by atoms with van der Waals surface area (Å²) in [5, 5.41) is 11.5. The third kappa shape index (κ3) is 6.18. The Balaban J connectivity index is 1.43. The minimum atomic E-state index is -0.309. The van der Waals surface area contributed by atoms with Gasteiger partial charge in [0.05, 0.1) is 6.54 Å². The minimum Gasteiger partial charge on any atom is -0.334 e. The summed E-state index contributed by atoms with van der Waals surface area (Å²) in [6.07, 6.45) is 5.87. The fourth-order valence-electron chi connectivity index (χ4n) is 2.45. The normalized spacial score (nSPS) is 13.1. The largest absolute Gasteiger partial charge is 0.334 e. The van der Waals surface area contributed by atoms with Gasteiger partial charge in [0.15, 0.2) is 0 Å². The first-order chi connectivity index (χ1) is 12.7. The van der Waals surface area contributed by atoms with Gasteiger partial charge in [-0.05, 0) is 61.2 Å². The Bertz CT molecular complexity index is 747. The van der Waals surface area contributed by atoms with Crippen LogP contribution < -0.4 is 21.3 Å². The second kappa shape index (κ2) is 8.96. The van der Waals surface area contributed by atoms with Crippen LogP contribution in [0.2, 0.25) is 0 Å². The van der Waals surface area contributed by atoms with Crippen LogP contribution >= 0.6 is 0 Å². The number of carbonyl (C=O) groups is 2. The highest BCUT2D eigenvalue weighted by atomic mass is 16.2. The molecule has 1 aliphatic carbocycles. The average Bonchev–Trinajstić information content (AvgIpc) is 3.45. The van der Waals surface area contributed by atoms with Crippen LogP contribution in [-0.4, -0.2) is 30.0 Å². The summed E-state index contributed by atoms with van der Waals surface area (Å²) in [6, 6.07) is 10.4. The van der Waals surface area contributed by atoms with Gasteiger partial charge >= 0.3 is 6.03 Å². The Kier molecular flexibility index (Phi) is 6.16. The van der Waals surface area contributed by atoms with Gasteiger partial charge in [0.25, 0.3) is 0 Å². The van der Waals surface area contributed by atoms with Gasteiger partial charge < -0.3 is 21.3 Å². The van der Waals surface area contributed by atoms with Crippen LogP contribution in [0.4, 0.5) is 16.2 Å². The van der Waals surface area contributed by atoms with Crippen LogP contribution in [0, 0.1) is 5.92 Å². The van der Waals surface area contributed by atoms with E-state index in [1.807, 2.05) is 12.1 Å². The predicted molar refractivity (Wildman–Crippen MR) is 101 cm³/mol. The van der Waals surface area contributed by atoms with Gasteiger partial charge in [0.2, 0.25) is 5.91 Å². The SMILES string of the molecule is O=C(CNCC1CC1)Nc1cccc(NC(=O)NCc2ccncc2)c1. The monoisotopic (exact) mass is 353 g/mol. The van der Waals surface area contributed by atoms with Gasteiger partial charge in [0.1, 0.15) is 0 Å². The van der Waals surface area contributed by atoms with E-state index >= 15 is 0 Å². The molecule has 0 aliphatic heterocycles. The Morgan fingerprint density at radius 2 is 1.77 bits per heavy atom. The zero-order valence-electron chi connectivity index (χ0n) is 14.5. The van der Waals surface area contributed by atoms with E-state index in [0.717, 1.165) is 18.0 Å². The molecule has 7 nitrogen and oxygen atoms in total. The van der Waals surface area contributed by atoms with E-state index in [2.05, 4.69) is 26.3 Å². The second-order valence-corrected chi connectivity index (χ2v) is 6.37. The van der Waals surface area contributed by atoms with Crippen LogP contribution in [-0.2, 0) is 11.3 Å². The summed E-state index contributed by atoms with van der Waals surface area (Å²) in [5.41, 5.74) is 2.23. The molecule has 1 heterocycles. The lowest BCUT2D eigenvalue weighted by atomic mass is 10.2. The summed E-state index contributed by atoms with van der Waals surface area (Å²) in [6.45, 7) is 1.60. The van der Waals surface area contributed by atoms with Gasteiger partial charge in [-0.3, -0.25) is 9.78 Å². The molecule has 1 aromatic heterocycles. The van der Waals surface area contributed by atoms with E-state index in [1.54, 1.807) is 36.7 Å². The summed E-state index contributed by atoms with van der Waals surface area (Å²) in [4.78, 5) is 27.9.